The lowest BCUT2D eigenvalue weighted by molar-refractivity contribution is 0.0696. The minimum atomic E-state index is -1.01. The van der Waals surface area contributed by atoms with Gasteiger partial charge in [-0.05, 0) is 35.4 Å². The molecule has 1 aromatic carbocycles. The van der Waals surface area contributed by atoms with Crippen LogP contribution < -0.4 is 15.0 Å². The van der Waals surface area contributed by atoms with E-state index in [0.29, 0.717) is 23.9 Å². The van der Waals surface area contributed by atoms with Crippen LogP contribution in [0.5, 0.6) is 5.88 Å². The highest BCUT2D eigenvalue weighted by Gasteiger charge is 2.32. The van der Waals surface area contributed by atoms with Gasteiger partial charge in [0.1, 0.15) is 0 Å². The van der Waals surface area contributed by atoms with E-state index in [2.05, 4.69) is 10.3 Å². The molecule has 0 unspecified atom stereocenters. The Morgan fingerprint density at radius 1 is 1.18 bits per heavy atom. The summed E-state index contributed by atoms with van der Waals surface area (Å²) in [7, 11) is 3.10. The van der Waals surface area contributed by atoms with Gasteiger partial charge < -0.3 is 24.5 Å². The Labute approximate surface area is 189 Å². The number of pyridine rings is 1. The number of furan rings is 1. The van der Waals surface area contributed by atoms with Gasteiger partial charge in [0, 0.05) is 38.0 Å². The molecule has 1 aliphatic rings. The maximum absolute atomic E-state index is 12.8. The molecule has 1 aliphatic heterocycles. The Bertz CT molecular complexity index is 1200. The van der Waals surface area contributed by atoms with E-state index in [9.17, 15) is 14.4 Å². The molecule has 4 rings (SSSR count). The number of carbonyl (C=O) groups is 3. The van der Waals surface area contributed by atoms with Crippen LogP contribution in [0.4, 0.5) is 10.7 Å². The highest BCUT2D eigenvalue weighted by molar-refractivity contribution is 5.96. The standard InChI is InChI=1S/C23H22N4O6/c1-26-21-17(13-27(23(26)31)12-14-3-5-16(6-4-14)22(29)30)10-18(33-21)20(28)25-11-15-7-8-24-19(9-15)32-2/h3-10H,11-13H2,1-2H3,(H,25,28)(H,29,30). The first-order chi connectivity index (χ1) is 15.9. The van der Waals surface area contributed by atoms with E-state index in [-0.39, 0.29) is 30.4 Å². The molecule has 0 bridgehead atoms. The number of carboxylic acid groups (broad SMARTS) is 1. The zero-order valence-corrected chi connectivity index (χ0v) is 18.1. The zero-order valence-electron chi connectivity index (χ0n) is 18.1. The van der Waals surface area contributed by atoms with Crippen molar-refractivity contribution in [1.29, 1.82) is 0 Å². The fourth-order valence-electron chi connectivity index (χ4n) is 3.54. The van der Waals surface area contributed by atoms with Crippen molar-refractivity contribution in [2.75, 3.05) is 19.1 Å². The summed E-state index contributed by atoms with van der Waals surface area (Å²) in [6.07, 6.45) is 1.59. The number of aromatic carboxylic acids is 1. The van der Waals surface area contributed by atoms with Crippen molar-refractivity contribution in [1.82, 2.24) is 15.2 Å². The van der Waals surface area contributed by atoms with Crippen molar-refractivity contribution in [2.45, 2.75) is 19.6 Å². The number of rotatable bonds is 7. The zero-order chi connectivity index (χ0) is 23.5. The highest BCUT2D eigenvalue weighted by atomic mass is 16.5. The van der Waals surface area contributed by atoms with Crippen molar-refractivity contribution in [3.05, 3.63) is 76.7 Å². The molecule has 10 nitrogen and oxygen atoms in total. The number of methoxy groups -OCH3 is 1. The Kier molecular flexibility index (Phi) is 5.99. The summed E-state index contributed by atoms with van der Waals surface area (Å²) in [6.45, 7) is 0.812. The molecule has 10 heteroatoms. The Hall–Kier alpha value is -4.34. The molecule has 0 spiro atoms. The van der Waals surface area contributed by atoms with Crippen LogP contribution in [0.25, 0.3) is 0 Å². The molecule has 0 saturated carbocycles. The van der Waals surface area contributed by atoms with Crippen molar-refractivity contribution in [3.8, 4) is 5.88 Å². The number of nitrogens with one attached hydrogen (secondary N) is 1. The topological polar surface area (TPSA) is 125 Å². The SMILES string of the molecule is COc1cc(CNC(=O)c2cc3c(o2)N(C)C(=O)N(Cc2ccc(C(=O)O)cc2)C3)ccn1. The van der Waals surface area contributed by atoms with Crippen LogP contribution >= 0.6 is 0 Å². The van der Waals surface area contributed by atoms with Gasteiger partial charge in [0.15, 0.2) is 5.76 Å². The van der Waals surface area contributed by atoms with Crippen LogP contribution in [0.15, 0.2) is 53.1 Å². The first-order valence-corrected chi connectivity index (χ1v) is 10.1. The lowest BCUT2D eigenvalue weighted by Gasteiger charge is -2.32. The van der Waals surface area contributed by atoms with Gasteiger partial charge in [-0.2, -0.15) is 0 Å². The van der Waals surface area contributed by atoms with E-state index < -0.39 is 11.9 Å². The number of aromatic nitrogens is 1. The third-order valence-electron chi connectivity index (χ3n) is 5.27. The number of benzene rings is 1. The first-order valence-electron chi connectivity index (χ1n) is 10.1. The number of ether oxygens (including phenoxy) is 1. The van der Waals surface area contributed by atoms with Crippen LogP contribution in [-0.4, -0.2) is 47.1 Å². The van der Waals surface area contributed by atoms with Gasteiger partial charge >= 0.3 is 12.0 Å². The summed E-state index contributed by atoms with van der Waals surface area (Å²) in [5.41, 5.74) is 2.49. The highest BCUT2D eigenvalue weighted by Crippen LogP contribution is 2.31. The average Bonchev–Trinajstić information content (AvgIpc) is 3.25. The molecule has 0 aliphatic carbocycles. The fraction of sp³-hybridized carbons (Fsp3) is 0.217. The second-order valence-electron chi connectivity index (χ2n) is 7.53. The minimum Gasteiger partial charge on any atom is -0.481 e. The van der Waals surface area contributed by atoms with Crippen LogP contribution in [0.1, 0.15) is 37.6 Å². The molecular formula is C23H22N4O6. The first kappa shape index (κ1) is 21.9. The normalized spacial score (nSPS) is 13.0. The van der Waals surface area contributed by atoms with E-state index in [4.69, 9.17) is 14.3 Å². The molecule has 0 radical (unpaired) electrons. The number of hydrogen-bond acceptors (Lipinski definition) is 6. The van der Waals surface area contributed by atoms with Crippen molar-refractivity contribution in [3.63, 3.8) is 0 Å². The molecule has 0 atom stereocenters. The number of anilines is 1. The van der Waals surface area contributed by atoms with E-state index in [0.717, 1.165) is 11.1 Å². The number of hydrogen-bond donors (Lipinski definition) is 2. The minimum absolute atomic E-state index is 0.105. The molecule has 33 heavy (non-hydrogen) atoms. The van der Waals surface area contributed by atoms with Crippen molar-refractivity contribution < 1.29 is 28.6 Å². The Morgan fingerprint density at radius 2 is 1.94 bits per heavy atom. The molecule has 170 valence electrons. The number of carbonyl (C=O) groups excluding carboxylic acids is 2. The number of carboxylic acids is 1. The summed E-state index contributed by atoms with van der Waals surface area (Å²) in [5.74, 6) is -0.529. The smallest absolute Gasteiger partial charge is 0.335 e. The number of fused-ring (bicyclic) bond motifs is 1. The summed E-state index contributed by atoms with van der Waals surface area (Å²) in [6, 6.07) is 11.2. The number of urea groups is 1. The van der Waals surface area contributed by atoms with Crippen LogP contribution in [-0.2, 0) is 19.6 Å². The Balaban J connectivity index is 1.45. The van der Waals surface area contributed by atoms with E-state index in [1.54, 1.807) is 48.5 Å². The molecular weight excluding hydrogens is 428 g/mol. The predicted molar refractivity (Wildman–Crippen MR) is 117 cm³/mol. The molecule has 2 N–H and O–H groups in total. The predicted octanol–water partition coefficient (Wildman–Crippen LogP) is 2.88. The van der Waals surface area contributed by atoms with Crippen LogP contribution in [0, 0.1) is 0 Å². The van der Waals surface area contributed by atoms with Crippen LogP contribution in [0.3, 0.4) is 0 Å². The van der Waals surface area contributed by atoms with Crippen LogP contribution in [0.2, 0.25) is 0 Å². The quantitative estimate of drug-likeness (QED) is 0.567. The van der Waals surface area contributed by atoms with Crippen molar-refractivity contribution >= 4 is 23.8 Å². The molecule has 0 fully saturated rings. The lowest BCUT2D eigenvalue weighted by atomic mass is 10.1. The molecule has 0 saturated heterocycles. The van der Waals surface area contributed by atoms with Gasteiger partial charge in [-0.1, -0.05) is 12.1 Å². The van der Waals surface area contributed by atoms with Gasteiger partial charge in [-0.15, -0.1) is 0 Å². The van der Waals surface area contributed by atoms with Crippen molar-refractivity contribution in [2.24, 2.45) is 0 Å². The number of amides is 3. The second kappa shape index (κ2) is 9.03. The van der Waals surface area contributed by atoms with E-state index >= 15 is 0 Å². The van der Waals surface area contributed by atoms with Gasteiger partial charge in [0.2, 0.25) is 11.8 Å². The fourth-order valence-corrected chi connectivity index (χ4v) is 3.54. The summed E-state index contributed by atoms with van der Waals surface area (Å²) >= 11 is 0. The molecule has 2 aromatic heterocycles. The van der Waals surface area contributed by atoms with E-state index in [1.807, 2.05) is 0 Å². The van der Waals surface area contributed by atoms with Gasteiger partial charge in [0.05, 0.1) is 19.2 Å². The second-order valence-corrected chi connectivity index (χ2v) is 7.53. The van der Waals surface area contributed by atoms with Gasteiger partial charge in [0.25, 0.3) is 5.91 Å². The maximum atomic E-state index is 12.8. The molecule has 3 amide bonds. The average molecular weight is 450 g/mol. The van der Waals surface area contributed by atoms with Gasteiger partial charge in [-0.25, -0.2) is 14.6 Å². The molecule has 3 heterocycles. The van der Waals surface area contributed by atoms with E-state index in [1.165, 1.54) is 24.1 Å². The monoisotopic (exact) mass is 450 g/mol. The third kappa shape index (κ3) is 4.64. The largest absolute Gasteiger partial charge is 0.481 e. The summed E-state index contributed by atoms with van der Waals surface area (Å²) in [5, 5.41) is 11.8. The maximum Gasteiger partial charge on any atom is 0.335 e. The third-order valence-corrected chi connectivity index (χ3v) is 5.27. The summed E-state index contributed by atoms with van der Waals surface area (Å²) < 4.78 is 10.8. The Morgan fingerprint density at radius 3 is 2.64 bits per heavy atom. The summed E-state index contributed by atoms with van der Waals surface area (Å²) in [4.78, 5) is 43.4. The lowest BCUT2D eigenvalue weighted by Crippen LogP contribution is -2.44. The number of nitrogens with zero attached hydrogens (tertiary/aromatic N) is 3. The molecule has 3 aromatic rings. The van der Waals surface area contributed by atoms with Gasteiger partial charge in [-0.3, -0.25) is 9.69 Å².